The summed E-state index contributed by atoms with van der Waals surface area (Å²) in [6, 6.07) is 4.17. The molecule has 0 unspecified atom stereocenters. The number of nitrogens with zero attached hydrogens (tertiary/aromatic N) is 1. The lowest BCUT2D eigenvalue weighted by molar-refractivity contribution is -0.120. The lowest BCUT2D eigenvalue weighted by Crippen LogP contribution is -2.41. The minimum atomic E-state index is -1.18. The Morgan fingerprint density at radius 3 is 2.58 bits per heavy atom. The van der Waals surface area contributed by atoms with E-state index in [1.54, 1.807) is 6.07 Å². The van der Waals surface area contributed by atoms with E-state index in [1.165, 1.54) is 24.7 Å². The van der Waals surface area contributed by atoms with Gasteiger partial charge in [0.2, 0.25) is 5.91 Å². The van der Waals surface area contributed by atoms with Gasteiger partial charge < -0.3 is 26.8 Å². The number of benzene rings is 1. The van der Waals surface area contributed by atoms with Crippen LogP contribution in [0, 0.1) is 12.7 Å². The van der Waals surface area contributed by atoms with Crippen molar-refractivity contribution in [3.05, 3.63) is 35.3 Å². The Hall–Kier alpha value is -2.72. The van der Waals surface area contributed by atoms with Crippen LogP contribution in [0.15, 0.2) is 18.2 Å². The monoisotopic (exact) mass is 379 g/mol. The second kappa shape index (κ2) is 6.54. The standard InChI is InChI=1S/C16H18FN5O3S/c1-7-3-13(26-22-7)20-10-5-11(9(17)4-8(10)14(18)23)21-16(15(19)24)6-12(16)25-2/h3-5,12,20-21H,6H2,1-2H3,(H2,18,23)(H2,19,24)/t12-,16-/m0/s1. The summed E-state index contributed by atoms with van der Waals surface area (Å²) in [5.74, 6) is -2.16. The summed E-state index contributed by atoms with van der Waals surface area (Å²) in [5, 5.41) is 6.48. The number of halogens is 1. The Kier molecular flexibility index (Phi) is 4.55. The summed E-state index contributed by atoms with van der Waals surface area (Å²) in [7, 11) is 1.45. The van der Waals surface area contributed by atoms with Gasteiger partial charge in [0.25, 0.3) is 5.91 Å². The van der Waals surface area contributed by atoms with E-state index in [9.17, 15) is 14.0 Å². The van der Waals surface area contributed by atoms with Crippen LogP contribution in [0.25, 0.3) is 0 Å². The quantitative estimate of drug-likeness (QED) is 0.576. The molecule has 0 aliphatic heterocycles. The number of nitrogens with one attached hydrogen (secondary N) is 2. The molecule has 1 aromatic carbocycles. The summed E-state index contributed by atoms with van der Waals surface area (Å²) >= 11 is 1.19. The summed E-state index contributed by atoms with van der Waals surface area (Å²) in [6.07, 6.45) is -0.122. The molecule has 1 saturated carbocycles. The number of nitrogens with two attached hydrogens (primary N) is 2. The van der Waals surface area contributed by atoms with Gasteiger partial charge in [0, 0.05) is 13.5 Å². The smallest absolute Gasteiger partial charge is 0.250 e. The third-order valence-electron chi connectivity index (χ3n) is 4.24. The lowest BCUT2D eigenvalue weighted by Gasteiger charge is -2.19. The van der Waals surface area contributed by atoms with Crippen molar-refractivity contribution in [1.82, 2.24) is 4.37 Å². The van der Waals surface area contributed by atoms with Crippen LogP contribution in [0.3, 0.4) is 0 Å². The van der Waals surface area contributed by atoms with Crippen molar-refractivity contribution >= 4 is 39.7 Å². The number of hydrogen-bond acceptors (Lipinski definition) is 7. The summed E-state index contributed by atoms with van der Waals surface area (Å²) in [5.41, 5.74) is 10.7. The van der Waals surface area contributed by atoms with Crippen LogP contribution in [0.5, 0.6) is 0 Å². The predicted octanol–water partition coefficient (Wildman–Crippen LogP) is 1.49. The third kappa shape index (κ3) is 3.20. The van der Waals surface area contributed by atoms with Crippen LogP contribution in [0.1, 0.15) is 22.5 Å². The molecule has 8 nitrogen and oxygen atoms in total. The maximum absolute atomic E-state index is 14.5. The molecule has 3 rings (SSSR count). The lowest BCUT2D eigenvalue weighted by atomic mass is 10.1. The third-order valence-corrected chi connectivity index (χ3v) is 5.03. The van der Waals surface area contributed by atoms with Crippen LogP contribution in [-0.2, 0) is 9.53 Å². The Balaban J connectivity index is 1.97. The zero-order valence-electron chi connectivity index (χ0n) is 14.1. The number of hydrogen-bond donors (Lipinski definition) is 4. The first-order chi connectivity index (χ1) is 12.3. The fraction of sp³-hybridized carbons (Fsp3) is 0.312. The van der Waals surface area contributed by atoms with Gasteiger partial charge in [-0.3, -0.25) is 9.59 Å². The number of primary amides is 2. The van der Waals surface area contributed by atoms with Crippen molar-refractivity contribution in [2.75, 3.05) is 17.7 Å². The number of methoxy groups -OCH3 is 1. The van der Waals surface area contributed by atoms with E-state index in [4.69, 9.17) is 16.2 Å². The number of amides is 2. The van der Waals surface area contributed by atoms with Crippen LogP contribution >= 0.6 is 11.5 Å². The molecule has 1 heterocycles. The molecule has 138 valence electrons. The van der Waals surface area contributed by atoms with Gasteiger partial charge in [-0.25, -0.2) is 4.39 Å². The molecule has 1 aliphatic carbocycles. The van der Waals surface area contributed by atoms with Crippen molar-refractivity contribution in [2.24, 2.45) is 11.5 Å². The Bertz CT molecular complexity index is 887. The van der Waals surface area contributed by atoms with Gasteiger partial charge in [-0.2, -0.15) is 4.37 Å². The van der Waals surface area contributed by atoms with Crippen LogP contribution in [-0.4, -0.2) is 34.9 Å². The van der Waals surface area contributed by atoms with E-state index >= 15 is 0 Å². The normalized spacial score (nSPS) is 21.3. The van der Waals surface area contributed by atoms with Crippen molar-refractivity contribution in [3.63, 3.8) is 0 Å². The number of aryl methyl sites for hydroxylation is 1. The Morgan fingerprint density at radius 2 is 2.08 bits per heavy atom. The highest BCUT2D eigenvalue weighted by Crippen LogP contribution is 2.43. The molecule has 0 spiro atoms. The molecule has 2 amide bonds. The largest absolute Gasteiger partial charge is 0.378 e. The number of carbonyl (C=O) groups excluding carboxylic acids is 2. The number of rotatable bonds is 7. The average Bonchev–Trinajstić information content (AvgIpc) is 3.15. The van der Waals surface area contributed by atoms with Gasteiger partial charge in [-0.1, -0.05) is 0 Å². The van der Waals surface area contributed by atoms with Gasteiger partial charge >= 0.3 is 0 Å². The van der Waals surface area contributed by atoms with Gasteiger partial charge in [-0.05, 0) is 36.7 Å². The van der Waals surface area contributed by atoms with E-state index in [1.807, 2.05) is 6.92 Å². The molecule has 1 aliphatic rings. The second-order valence-electron chi connectivity index (χ2n) is 6.09. The highest BCUT2D eigenvalue weighted by atomic mass is 32.1. The fourth-order valence-electron chi connectivity index (χ4n) is 2.74. The zero-order valence-corrected chi connectivity index (χ0v) is 14.9. The Labute approximate surface area is 152 Å². The minimum absolute atomic E-state index is 0.0112. The number of anilines is 3. The van der Waals surface area contributed by atoms with Crippen LogP contribution in [0.4, 0.5) is 20.8 Å². The summed E-state index contributed by atoms with van der Waals surface area (Å²) in [4.78, 5) is 23.5. The SMILES string of the molecule is CO[C@H]1C[C@@]1(Nc1cc(Nc2cc(C)ns2)c(C(N)=O)cc1F)C(N)=O. The fourth-order valence-corrected chi connectivity index (χ4v) is 3.42. The first kappa shape index (κ1) is 18.1. The number of ether oxygens (including phenoxy) is 1. The van der Waals surface area contributed by atoms with Crippen molar-refractivity contribution in [2.45, 2.75) is 25.0 Å². The molecule has 2 aromatic rings. The minimum Gasteiger partial charge on any atom is -0.378 e. The molecule has 1 aromatic heterocycles. The van der Waals surface area contributed by atoms with Gasteiger partial charge in [0.1, 0.15) is 16.4 Å². The topological polar surface area (TPSA) is 132 Å². The highest BCUT2D eigenvalue weighted by molar-refractivity contribution is 7.10. The highest BCUT2D eigenvalue weighted by Gasteiger charge is 2.60. The number of aromatic nitrogens is 1. The van der Waals surface area contributed by atoms with E-state index in [-0.39, 0.29) is 11.3 Å². The van der Waals surface area contributed by atoms with E-state index < -0.39 is 29.3 Å². The van der Waals surface area contributed by atoms with Gasteiger partial charge in [0.05, 0.1) is 28.7 Å². The van der Waals surface area contributed by atoms with Gasteiger partial charge in [-0.15, -0.1) is 0 Å². The predicted molar refractivity (Wildman–Crippen MR) is 96.0 cm³/mol. The molecule has 0 radical (unpaired) electrons. The molecule has 2 atom stereocenters. The molecular weight excluding hydrogens is 361 g/mol. The average molecular weight is 379 g/mol. The van der Waals surface area contributed by atoms with E-state index in [2.05, 4.69) is 15.0 Å². The van der Waals surface area contributed by atoms with Crippen molar-refractivity contribution < 1.29 is 18.7 Å². The molecule has 0 bridgehead atoms. The van der Waals surface area contributed by atoms with Crippen LogP contribution < -0.4 is 22.1 Å². The number of carbonyl (C=O) groups is 2. The summed E-state index contributed by atoms with van der Waals surface area (Å²) < 4.78 is 23.8. The van der Waals surface area contributed by atoms with E-state index in [0.717, 1.165) is 11.8 Å². The van der Waals surface area contributed by atoms with Crippen molar-refractivity contribution in [3.8, 4) is 0 Å². The molecule has 10 heteroatoms. The van der Waals surface area contributed by atoms with Crippen molar-refractivity contribution in [1.29, 1.82) is 0 Å². The molecule has 6 N–H and O–H groups in total. The first-order valence-corrected chi connectivity index (χ1v) is 8.48. The molecular formula is C16H18FN5O3S. The Morgan fingerprint density at radius 1 is 1.35 bits per heavy atom. The van der Waals surface area contributed by atoms with E-state index in [0.29, 0.717) is 17.1 Å². The maximum atomic E-state index is 14.5. The first-order valence-electron chi connectivity index (χ1n) is 7.71. The maximum Gasteiger partial charge on any atom is 0.250 e. The second-order valence-corrected chi connectivity index (χ2v) is 6.89. The van der Waals surface area contributed by atoms with Crippen LogP contribution in [0.2, 0.25) is 0 Å². The molecule has 1 fully saturated rings. The van der Waals surface area contributed by atoms with Gasteiger partial charge in [0.15, 0.2) is 0 Å². The molecule has 26 heavy (non-hydrogen) atoms. The molecule has 0 saturated heterocycles. The zero-order chi connectivity index (χ0) is 19.1. The summed E-state index contributed by atoms with van der Waals surface area (Å²) in [6.45, 7) is 1.82.